The molecule has 1 atom stereocenters. The van der Waals surface area contributed by atoms with Crippen LogP contribution in [0.1, 0.15) is 31.4 Å². The van der Waals surface area contributed by atoms with E-state index < -0.39 is 6.04 Å². The summed E-state index contributed by atoms with van der Waals surface area (Å²) in [5.41, 5.74) is 1.71. The van der Waals surface area contributed by atoms with Crippen LogP contribution in [-0.2, 0) is 16.1 Å². The van der Waals surface area contributed by atoms with Crippen LogP contribution in [0.25, 0.3) is 0 Å². The first-order valence-corrected chi connectivity index (χ1v) is 10.3. The highest BCUT2D eigenvalue weighted by Crippen LogP contribution is 2.24. The topological polar surface area (TPSA) is 58.6 Å². The second-order valence-electron chi connectivity index (χ2n) is 6.79. The molecule has 29 heavy (non-hydrogen) atoms. The Morgan fingerprint density at radius 1 is 1.14 bits per heavy atom. The Labute approximate surface area is 181 Å². The van der Waals surface area contributed by atoms with Gasteiger partial charge < -0.3 is 15.0 Å². The molecule has 2 aromatic rings. The Morgan fingerprint density at radius 3 is 2.52 bits per heavy atom. The number of benzene rings is 2. The fourth-order valence-corrected chi connectivity index (χ4v) is 3.07. The molecule has 0 heterocycles. The molecule has 2 amide bonds. The number of nitrogens with one attached hydrogen (secondary N) is 1. The highest BCUT2D eigenvalue weighted by atomic mass is 35.5. The lowest BCUT2D eigenvalue weighted by Gasteiger charge is -2.29. The molecule has 0 aromatic heterocycles. The van der Waals surface area contributed by atoms with Crippen LogP contribution in [0.4, 0.5) is 0 Å². The molecule has 2 aromatic carbocycles. The van der Waals surface area contributed by atoms with E-state index in [2.05, 4.69) is 5.32 Å². The van der Waals surface area contributed by atoms with Crippen molar-refractivity contribution in [2.75, 3.05) is 13.2 Å². The number of aryl methyl sites for hydroxylation is 1. The largest absolute Gasteiger partial charge is 0.484 e. The van der Waals surface area contributed by atoms with Gasteiger partial charge in [-0.15, -0.1) is 0 Å². The van der Waals surface area contributed by atoms with Gasteiger partial charge in [0.25, 0.3) is 5.91 Å². The molecular weight excluding hydrogens is 411 g/mol. The summed E-state index contributed by atoms with van der Waals surface area (Å²) in [6.07, 6.45) is 0.815. The van der Waals surface area contributed by atoms with Crippen LogP contribution >= 0.6 is 23.2 Å². The Kier molecular flexibility index (Phi) is 8.80. The Bertz CT molecular complexity index is 858. The molecule has 0 fully saturated rings. The molecule has 0 aliphatic carbocycles. The van der Waals surface area contributed by atoms with Gasteiger partial charge in [-0.05, 0) is 49.6 Å². The summed E-state index contributed by atoms with van der Waals surface area (Å²) in [6.45, 7) is 6.19. The minimum absolute atomic E-state index is 0.169. The number of para-hydroxylation sites is 1. The lowest BCUT2D eigenvalue weighted by atomic mass is 10.1. The molecule has 5 nitrogen and oxygen atoms in total. The van der Waals surface area contributed by atoms with Crippen molar-refractivity contribution in [2.24, 2.45) is 0 Å². The average Bonchev–Trinajstić information content (AvgIpc) is 2.71. The van der Waals surface area contributed by atoms with E-state index in [9.17, 15) is 9.59 Å². The fourth-order valence-electron chi connectivity index (χ4n) is 2.75. The molecular formula is C22H26Cl2N2O3. The number of rotatable bonds is 9. The van der Waals surface area contributed by atoms with E-state index in [0.717, 1.165) is 17.5 Å². The lowest BCUT2D eigenvalue weighted by Crippen LogP contribution is -2.49. The number of carbonyl (C=O) groups is 2. The molecule has 0 saturated carbocycles. The molecule has 0 saturated heterocycles. The maximum atomic E-state index is 13.0. The molecule has 0 bridgehead atoms. The number of amides is 2. The van der Waals surface area contributed by atoms with Crippen molar-refractivity contribution in [3.05, 3.63) is 63.6 Å². The van der Waals surface area contributed by atoms with Gasteiger partial charge in [0.1, 0.15) is 11.8 Å². The Hall–Kier alpha value is -2.24. The molecule has 0 aliphatic rings. The summed E-state index contributed by atoms with van der Waals surface area (Å²) in [4.78, 5) is 26.9. The smallest absolute Gasteiger partial charge is 0.261 e. The van der Waals surface area contributed by atoms with E-state index in [1.807, 2.05) is 38.1 Å². The highest BCUT2D eigenvalue weighted by molar-refractivity contribution is 6.42. The number of halogens is 2. The minimum Gasteiger partial charge on any atom is -0.484 e. The van der Waals surface area contributed by atoms with Gasteiger partial charge in [-0.25, -0.2) is 0 Å². The van der Waals surface area contributed by atoms with E-state index in [4.69, 9.17) is 27.9 Å². The molecule has 0 radical (unpaired) electrons. The summed E-state index contributed by atoms with van der Waals surface area (Å²) in [6, 6.07) is 12.0. The van der Waals surface area contributed by atoms with E-state index in [-0.39, 0.29) is 25.0 Å². The summed E-state index contributed by atoms with van der Waals surface area (Å²) in [7, 11) is 0. The summed E-state index contributed by atoms with van der Waals surface area (Å²) in [5, 5.41) is 3.67. The van der Waals surface area contributed by atoms with Gasteiger partial charge >= 0.3 is 0 Å². The third-order valence-corrected chi connectivity index (χ3v) is 5.24. The predicted octanol–water partition coefficient (Wildman–Crippen LogP) is 4.62. The van der Waals surface area contributed by atoms with Crippen molar-refractivity contribution in [3.8, 4) is 5.75 Å². The third-order valence-electron chi connectivity index (χ3n) is 4.50. The van der Waals surface area contributed by atoms with Crippen molar-refractivity contribution < 1.29 is 14.3 Å². The zero-order chi connectivity index (χ0) is 21.4. The predicted molar refractivity (Wildman–Crippen MR) is 116 cm³/mol. The normalized spacial score (nSPS) is 11.6. The van der Waals surface area contributed by atoms with E-state index in [1.54, 1.807) is 25.1 Å². The number of hydrogen-bond donors (Lipinski definition) is 1. The number of hydrogen-bond acceptors (Lipinski definition) is 3. The first kappa shape index (κ1) is 23.0. The van der Waals surface area contributed by atoms with Gasteiger partial charge in [-0.2, -0.15) is 0 Å². The highest BCUT2D eigenvalue weighted by Gasteiger charge is 2.26. The molecule has 156 valence electrons. The Balaban J connectivity index is 2.17. The third kappa shape index (κ3) is 6.65. The van der Waals surface area contributed by atoms with Crippen LogP contribution in [0.5, 0.6) is 5.75 Å². The first-order valence-electron chi connectivity index (χ1n) is 9.53. The second kappa shape index (κ2) is 11.1. The molecule has 1 N–H and O–H groups in total. The molecule has 2 rings (SSSR count). The molecule has 0 spiro atoms. The van der Waals surface area contributed by atoms with Crippen LogP contribution in [0, 0.1) is 6.92 Å². The van der Waals surface area contributed by atoms with Crippen molar-refractivity contribution in [1.29, 1.82) is 0 Å². The number of nitrogens with zero attached hydrogens (tertiary/aromatic N) is 1. The van der Waals surface area contributed by atoms with Gasteiger partial charge in [0.15, 0.2) is 6.61 Å². The SMILES string of the molecule is CCCNC(=O)C(C)N(Cc1ccc(Cl)c(Cl)c1)C(=O)COc1ccccc1C. The summed E-state index contributed by atoms with van der Waals surface area (Å²) >= 11 is 12.1. The van der Waals surface area contributed by atoms with Gasteiger partial charge in [0, 0.05) is 13.1 Å². The van der Waals surface area contributed by atoms with Crippen molar-refractivity contribution in [1.82, 2.24) is 10.2 Å². The van der Waals surface area contributed by atoms with Gasteiger partial charge in [0.05, 0.1) is 10.0 Å². The van der Waals surface area contributed by atoms with Gasteiger partial charge in [-0.1, -0.05) is 54.4 Å². The summed E-state index contributed by atoms with van der Waals surface area (Å²) < 4.78 is 5.70. The van der Waals surface area contributed by atoms with E-state index >= 15 is 0 Å². The molecule has 1 unspecified atom stereocenters. The lowest BCUT2D eigenvalue weighted by molar-refractivity contribution is -0.142. The second-order valence-corrected chi connectivity index (χ2v) is 7.61. The number of carbonyl (C=O) groups excluding carboxylic acids is 2. The van der Waals surface area contributed by atoms with Crippen LogP contribution < -0.4 is 10.1 Å². The fraction of sp³-hybridized carbons (Fsp3) is 0.364. The van der Waals surface area contributed by atoms with Crippen molar-refractivity contribution in [3.63, 3.8) is 0 Å². The monoisotopic (exact) mass is 436 g/mol. The van der Waals surface area contributed by atoms with Crippen LogP contribution in [0.3, 0.4) is 0 Å². The standard InChI is InChI=1S/C22H26Cl2N2O3/c1-4-11-25-22(28)16(3)26(13-17-9-10-18(23)19(24)12-17)21(27)14-29-20-8-6-5-7-15(20)2/h5-10,12,16H,4,11,13-14H2,1-3H3,(H,25,28). The summed E-state index contributed by atoms with van der Waals surface area (Å²) in [5.74, 6) is 0.132. The zero-order valence-electron chi connectivity index (χ0n) is 16.9. The van der Waals surface area contributed by atoms with Crippen LogP contribution in [0.15, 0.2) is 42.5 Å². The van der Waals surface area contributed by atoms with Crippen LogP contribution in [0.2, 0.25) is 10.0 Å². The van der Waals surface area contributed by atoms with E-state index in [1.165, 1.54) is 4.90 Å². The Morgan fingerprint density at radius 2 is 1.86 bits per heavy atom. The maximum Gasteiger partial charge on any atom is 0.261 e. The van der Waals surface area contributed by atoms with Gasteiger partial charge in [0.2, 0.25) is 5.91 Å². The quantitative estimate of drug-likeness (QED) is 0.623. The average molecular weight is 437 g/mol. The van der Waals surface area contributed by atoms with E-state index in [0.29, 0.717) is 22.3 Å². The van der Waals surface area contributed by atoms with Gasteiger partial charge in [-0.3, -0.25) is 9.59 Å². The minimum atomic E-state index is -0.663. The van der Waals surface area contributed by atoms with Crippen molar-refractivity contribution in [2.45, 2.75) is 39.8 Å². The van der Waals surface area contributed by atoms with Crippen molar-refractivity contribution >= 4 is 35.0 Å². The number of ether oxygens (including phenoxy) is 1. The molecule has 7 heteroatoms. The maximum absolute atomic E-state index is 13.0. The molecule has 0 aliphatic heterocycles. The zero-order valence-corrected chi connectivity index (χ0v) is 18.4. The first-order chi connectivity index (χ1) is 13.8. The van der Waals surface area contributed by atoms with Crippen LogP contribution in [-0.4, -0.2) is 35.9 Å².